The second-order valence-electron chi connectivity index (χ2n) is 10.6. The van der Waals surface area contributed by atoms with Crippen LogP contribution in [0.4, 0.5) is 24.5 Å². The van der Waals surface area contributed by atoms with Crippen molar-refractivity contribution < 1.29 is 40.0 Å². The first-order chi connectivity index (χ1) is 22.4. The van der Waals surface area contributed by atoms with Gasteiger partial charge in [0.15, 0.2) is 5.58 Å². The number of nitrogens with two attached hydrogens (primary N) is 1. The fraction of sp³-hybridized carbons (Fsp3) is 0.152. The fourth-order valence-electron chi connectivity index (χ4n) is 5.39. The minimum absolute atomic E-state index is 0.0350. The number of aromatic nitrogens is 1. The Bertz CT molecular complexity index is 2270. The van der Waals surface area contributed by atoms with Gasteiger partial charge in [0.25, 0.3) is 12.3 Å². The molecule has 2 aromatic heterocycles. The number of ether oxygens (including phenoxy) is 1. The maximum Gasteiger partial charge on any atom is 0.257 e. The molecule has 0 saturated heterocycles. The molecule has 47 heavy (non-hydrogen) atoms. The summed E-state index contributed by atoms with van der Waals surface area (Å²) in [7, 11) is -1.41. The van der Waals surface area contributed by atoms with Gasteiger partial charge in [-0.15, -0.1) is 0 Å². The molecule has 0 atom stereocenters. The van der Waals surface area contributed by atoms with Gasteiger partial charge in [-0.3, -0.25) is 9.10 Å². The maximum absolute atomic E-state index is 13.9. The Morgan fingerprint density at radius 3 is 2.36 bits per heavy atom. The van der Waals surface area contributed by atoms with Gasteiger partial charge in [-0.2, -0.15) is 0 Å². The van der Waals surface area contributed by atoms with E-state index in [0.29, 0.717) is 43.5 Å². The topological polar surface area (TPSA) is 141 Å². The van der Waals surface area contributed by atoms with E-state index in [1.54, 1.807) is 36.4 Å². The third-order valence-electron chi connectivity index (χ3n) is 7.53. The first-order valence-electron chi connectivity index (χ1n) is 14.1. The number of nitrogen functional groups attached to an aromatic ring is 1. The quantitative estimate of drug-likeness (QED) is 0.163. The number of fused-ring (bicyclic) bond motifs is 2. The van der Waals surface area contributed by atoms with Crippen molar-refractivity contribution in [3.63, 3.8) is 0 Å². The second kappa shape index (κ2) is 12.0. The lowest BCUT2D eigenvalue weighted by molar-refractivity contribution is 0.0964. The molecule has 10 nitrogen and oxygen atoms in total. The average molecular weight is 665 g/mol. The zero-order valence-corrected chi connectivity index (χ0v) is 26.0. The van der Waals surface area contributed by atoms with Crippen LogP contribution in [0.1, 0.15) is 10.4 Å². The van der Waals surface area contributed by atoms with E-state index in [9.17, 15) is 26.4 Å². The van der Waals surface area contributed by atoms with Crippen molar-refractivity contribution in [1.29, 1.82) is 0 Å². The molecule has 6 rings (SSSR count). The zero-order valence-electron chi connectivity index (χ0n) is 25.2. The van der Waals surface area contributed by atoms with Crippen LogP contribution in [-0.4, -0.2) is 52.7 Å². The summed E-state index contributed by atoms with van der Waals surface area (Å²) in [6.07, 6.45) is -2.22. The molecule has 0 aliphatic carbocycles. The standard InChI is InChI=1S/C33H27F3N4O6S/c1-38-32(41)29-21-14-20(18-9-12-25(44-2)22(13-18)33-39-30-23(37)5-4-6-26(30)46-33)24(40(16-28(35)36)47(3,42)43)15-27(21)45-31(29)17-7-10-19(34)11-8-17/h4-15,28H,16,37H2,1-3H3,(H,38,41). The predicted octanol–water partition coefficient (Wildman–Crippen LogP) is 6.70. The van der Waals surface area contributed by atoms with E-state index in [1.165, 1.54) is 50.6 Å². The number of carbonyl (C=O) groups excluding carboxylic acids is 1. The van der Waals surface area contributed by atoms with Crippen molar-refractivity contribution in [3.8, 4) is 39.7 Å². The van der Waals surface area contributed by atoms with Gasteiger partial charge in [0.1, 0.15) is 28.4 Å². The number of halogens is 3. The number of methoxy groups -OCH3 is 1. The monoisotopic (exact) mass is 664 g/mol. The largest absolute Gasteiger partial charge is 0.496 e. The number of nitrogens with one attached hydrogen (secondary N) is 1. The highest BCUT2D eigenvalue weighted by Crippen LogP contribution is 2.44. The number of anilines is 2. The van der Waals surface area contributed by atoms with Crippen LogP contribution >= 0.6 is 0 Å². The number of carbonyl (C=O) groups is 1. The first-order valence-corrected chi connectivity index (χ1v) is 15.9. The van der Waals surface area contributed by atoms with Gasteiger partial charge in [0, 0.05) is 29.6 Å². The maximum atomic E-state index is 13.9. The smallest absolute Gasteiger partial charge is 0.257 e. The van der Waals surface area contributed by atoms with Gasteiger partial charge in [-0.25, -0.2) is 26.6 Å². The van der Waals surface area contributed by atoms with Crippen LogP contribution in [-0.2, 0) is 10.0 Å². The summed E-state index contributed by atoms with van der Waals surface area (Å²) in [5, 5.41) is 2.81. The number of para-hydroxylation sites is 1. The van der Waals surface area contributed by atoms with Crippen LogP contribution < -0.4 is 20.1 Å². The van der Waals surface area contributed by atoms with Gasteiger partial charge in [-0.1, -0.05) is 12.1 Å². The van der Waals surface area contributed by atoms with Crippen molar-refractivity contribution in [2.24, 2.45) is 0 Å². The van der Waals surface area contributed by atoms with Gasteiger partial charge in [-0.05, 0) is 60.2 Å². The molecular weight excluding hydrogens is 637 g/mol. The molecule has 0 spiro atoms. The lowest BCUT2D eigenvalue weighted by Gasteiger charge is -2.25. The fourth-order valence-corrected chi connectivity index (χ4v) is 6.28. The van der Waals surface area contributed by atoms with Crippen LogP contribution in [0.2, 0.25) is 0 Å². The Morgan fingerprint density at radius 2 is 1.72 bits per heavy atom. The Labute approximate surface area is 266 Å². The minimum atomic E-state index is -4.27. The van der Waals surface area contributed by atoms with Crippen LogP contribution in [0.3, 0.4) is 0 Å². The van der Waals surface area contributed by atoms with Crippen molar-refractivity contribution >= 4 is 49.4 Å². The molecule has 0 saturated carbocycles. The number of amides is 1. The third kappa shape index (κ3) is 5.83. The number of sulfonamides is 1. The van der Waals surface area contributed by atoms with Crippen molar-refractivity contribution in [2.45, 2.75) is 6.43 Å². The number of hydrogen-bond acceptors (Lipinski definition) is 8. The highest BCUT2D eigenvalue weighted by Gasteiger charge is 2.29. The van der Waals surface area contributed by atoms with Crippen LogP contribution in [0.15, 0.2) is 81.6 Å². The summed E-state index contributed by atoms with van der Waals surface area (Å²) in [5.74, 6) is -0.499. The summed E-state index contributed by atoms with van der Waals surface area (Å²) < 4.78 is 85.7. The second-order valence-corrected chi connectivity index (χ2v) is 12.5. The molecule has 4 aromatic carbocycles. The number of hydrogen-bond donors (Lipinski definition) is 2. The van der Waals surface area contributed by atoms with E-state index < -0.39 is 34.7 Å². The first kappa shape index (κ1) is 31.5. The molecule has 0 unspecified atom stereocenters. The molecule has 2 heterocycles. The summed E-state index contributed by atoms with van der Waals surface area (Å²) in [6, 6.07) is 17.9. The van der Waals surface area contributed by atoms with Crippen molar-refractivity contribution in [2.75, 3.05) is 37.0 Å². The van der Waals surface area contributed by atoms with Crippen molar-refractivity contribution in [3.05, 3.63) is 84.2 Å². The SMILES string of the molecule is CNC(=O)c1c(-c2ccc(F)cc2)oc2cc(N(CC(F)F)S(C)(=O)=O)c(-c3ccc(OC)c(-c4nc5c(N)cccc5o4)c3)cc12. The number of nitrogens with zero attached hydrogens (tertiary/aromatic N) is 2. The third-order valence-corrected chi connectivity index (χ3v) is 8.68. The molecule has 242 valence electrons. The number of benzene rings is 4. The lowest BCUT2D eigenvalue weighted by atomic mass is 9.97. The van der Waals surface area contributed by atoms with E-state index in [4.69, 9.17) is 19.3 Å². The molecule has 14 heteroatoms. The molecular formula is C33H27F3N4O6S. The van der Waals surface area contributed by atoms with Crippen LogP contribution in [0.5, 0.6) is 5.75 Å². The molecule has 0 aliphatic heterocycles. The highest BCUT2D eigenvalue weighted by molar-refractivity contribution is 7.92. The van der Waals surface area contributed by atoms with Gasteiger partial charge in [0.2, 0.25) is 15.9 Å². The molecule has 1 amide bonds. The number of alkyl halides is 2. The minimum Gasteiger partial charge on any atom is -0.496 e. The molecule has 0 aliphatic rings. The van der Waals surface area contributed by atoms with E-state index in [1.807, 2.05) is 0 Å². The van der Waals surface area contributed by atoms with Crippen LogP contribution in [0.25, 0.3) is 56.0 Å². The molecule has 3 N–H and O–H groups in total. The van der Waals surface area contributed by atoms with E-state index in [-0.39, 0.29) is 39.4 Å². The summed E-state index contributed by atoms with van der Waals surface area (Å²) in [4.78, 5) is 17.8. The number of furan rings is 1. The predicted molar refractivity (Wildman–Crippen MR) is 173 cm³/mol. The van der Waals surface area contributed by atoms with E-state index >= 15 is 0 Å². The Balaban J connectivity index is 1.67. The van der Waals surface area contributed by atoms with Crippen molar-refractivity contribution in [1.82, 2.24) is 10.3 Å². The van der Waals surface area contributed by atoms with Gasteiger partial charge < -0.3 is 24.6 Å². The summed E-state index contributed by atoms with van der Waals surface area (Å²) >= 11 is 0. The molecule has 0 fully saturated rings. The van der Waals surface area contributed by atoms with E-state index in [2.05, 4.69) is 10.3 Å². The summed E-state index contributed by atoms with van der Waals surface area (Å²) in [6.45, 7) is -1.15. The Hall–Kier alpha value is -5.50. The number of rotatable bonds is 9. The normalized spacial score (nSPS) is 11.8. The van der Waals surface area contributed by atoms with Gasteiger partial charge >= 0.3 is 0 Å². The highest BCUT2D eigenvalue weighted by atomic mass is 32.2. The molecule has 6 aromatic rings. The molecule has 0 radical (unpaired) electrons. The Morgan fingerprint density at radius 1 is 1.00 bits per heavy atom. The van der Waals surface area contributed by atoms with Crippen LogP contribution in [0, 0.1) is 5.82 Å². The average Bonchev–Trinajstić information content (AvgIpc) is 3.65. The summed E-state index contributed by atoms with van der Waals surface area (Å²) in [5.41, 5.74) is 8.51. The van der Waals surface area contributed by atoms with E-state index in [0.717, 1.165) is 6.26 Å². The lowest BCUT2D eigenvalue weighted by Crippen LogP contribution is -2.34. The van der Waals surface area contributed by atoms with Gasteiger partial charge in [0.05, 0.1) is 42.4 Å². The number of oxazole rings is 1. The zero-order chi connectivity index (χ0) is 33.6. The Kier molecular flexibility index (Phi) is 8.05. The molecule has 0 bridgehead atoms.